The first-order chi connectivity index (χ1) is 20.0. The summed E-state index contributed by atoms with van der Waals surface area (Å²) in [7, 11) is 4.92. The van der Waals surface area contributed by atoms with Gasteiger partial charge in [-0.2, -0.15) is 0 Å². The van der Waals surface area contributed by atoms with Crippen molar-refractivity contribution in [2.45, 2.75) is 38.0 Å². The maximum atomic E-state index is 13.2. The number of halogens is 1. The van der Waals surface area contributed by atoms with E-state index in [2.05, 4.69) is 26.2 Å². The molecule has 3 heterocycles. The predicted molar refractivity (Wildman–Crippen MR) is 159 cm³/mol. The van der Waals surface area contributed by atoms with Crippen molar-refractivity contribution < 1.29 is 23.7 Å². The van der Waals surface area contributed by atoms with Gasteiger partial charge in [-0.1, -0.05) is 30.3 Å². The predicted octanol–water partition coefficient (Wildman–Crippen LogP) is 5.65. The van der Waals surface area contributed by atoms with E-state index in [0.717, 1.165) is 46.8 Å². The zero-order valence-electron chi connectivity index (χ0n) is 23.4. The van der Waals surface area contributed by atoms with Gasteiger partial charge in [0.15, 0.2) is 5.82 Å². The van der Waals surface area contributed by atoms with Crippen LogP contribution in [0.2, 0.25) is 0 Å². The molecule has 0 saturated carbocycles. The number of carbonyl (C=O) groups excluding carboxylic acids is 1. The van der Waals surface area contributed by atoms with Crippen LogP contribution >= 0.6 is 15.9 Å². The zero-order chi connectivity index (χ0) is 28.8. The summed E-state index contributed by atoms with van der Waals surface area (Å²) in [4.78, 5) is 24.5. The molecule has 0 aliphatic carbocycles. The minimum atomic E-state index is -0.349. The van der Waals surface area contributed by atoms with E-state index in [0.29, 0.717) is 30.1 Å². The first kappa shape index (κ1) is 28.7. The molecule has 2 atom stereocenters. The molecule has 41 heavy (non-hydrogen) atoms. The first-order valence-corrected chi connectivity index (χ1v) is 14.2. The Morgan fingerprint density at radius 3 is 2.68 bits per heavy atom. The number of carbonyl (C=O) groups is 1. The molecule has 2 aromatic carbocycles. The summed E-state index contributed by atoms with van der Waals surface area (Å²) < 4.78 is 24.7. The Morgan fingerprint density at radius 1 is 1.10 bits per heavy atom. The molecule has 2 aromatic heterocycles. The van der Waals surface area contributed by atoms with Crippen LogP contribution in [-0.2, 0) is 22.6 Å². The lowest BCUT2D eigenvalue weighted by molar-refractivity contribution is 0.0338. The number of hydrogen-bond donors (Lipinski definition) is 1. The lowest BCUT2D eigenvalue weighted by atomic mass is 9.92. The summed E-state index contributed by atoms with van der Waals surface area (Å²) in [6.45, 7) is 1.64. The lowest BCUT2D eigenvalue weighted by Gasteiger charge is -2.38. The first-order valence-electron chi connectivity index (χ1n) is 13.5. The second-order valence-corrected chi connectivity index (χ2v) is 10.6. The maximum Gasteiger partial charge on any atom is 0.410 e. The summed E-state index contributed by atoms with van der Waals surface area (Å²) in [5.41, 5.74) is 2.74. The Morgan fingerprint density at radius 2 is 1.93 bits per heavy atom. The molecule has 0 unspecified atom stereocenters. The molecule has 1 fully saturated rings. The highest BCUT2D eigenvalue weighted by Crippen LogP contribution is 2.35. The number of hydrogen-bond acceptors (Lipinski definition) is 8. The van der Waals surface area contributed by atoms with Gasteiger partial charge >= 0.3 is 6.09 Å². The topological polar surface area (TPSA) is 99.5 Å². The molecule has 4 aromatic rings. The van der Waals surface area contributed by atoms with Crippen LogP contribution in [-0.4, -0.2) is 65.9 Å². The number of imidazole rings is 1. The second kappa shape index (κ2) is 13.2. The van der Waals surface area contributed by atoms with E-state index in [1.165, 1.54) is 0 Å². The van der Waals surface area contributed by atoms with Gasteiger partial charge in [0, 0.05) is 50.1 Å². The molecule has 0 bridgehead atoms. The Balaban J connectivity index is 1.35. The molecule has 1 N–H and O–H groups in total. The number of methoxy groups -OCH3 is 3. The second-order valence-electron chi connectivity index (χ2n) is 9.86. The molecular weight excluding hydrogens is 590 g/mol. The van der Waals surface area contributed by atoms with Crippen LogP contribution in [0, 0.1) is 0 Å². The number of ether oxygens (including phenoxy) is 4. The van der Waals surface area contributed by atoms with Crippen molar-refractivity contribution in [3.8, 4) is 11.5 Å². The van der Waals surface area contributed by atoms with Crippen LogP contribution < -0.4 is 14.8 Å². The fraction of sp³-hybridized carbons (Fsp3) is 0.367. The monoisotopic (exact) mass is 623 g/mol. The van der Waals surface area contributed by atoms with Gasteiger partial charge in [0.05, 0.1) is 26.9 Å². The quantitative estimate of drug-likeness (QED) is 0.242. The molecule has 1 amide bonds. The highest BCUT2D eigenvalue weighted by atomic mass is 79.9. The van der Waals surface area contributed by atoms with Crippen molar-refractivity contribution >= 4 is 33.4 Å². The van der Waals surface area contributed by atoms with E-state index in [1.54, 1.807) is 32.4 Å². The largest absolute Gasteiger partial charge is 0.497 e. The van der Waals surface area contributed by atoms with Gasteiger partial charge < -0.3 is 29.2 Å². The van der Waals surface area contributed by atoms with E-state index in [4.69, 9.17) is 23.9 Å². The normalized spacial score (nSPS) is 16.9. The number of benzene rings is 2. The maximum absolute atomic E-state index is 13.2. The van der Waals surface area contributed by atoms with Crippen LogP contribution in [0.4, 0.5) is 10.6 Å². The van der Waals surface area contributed by atoms with Crippen molar-refractivity contribution in [2.24, 2.45) is 0 Å². The third-order valence-electron chi connectivity index (χ3n) is 7.35. The van der Waals surface area contributed by atoms with Gasteiger partial charge in [-0.25, -0.2) is 14.8 Å². The highest BCUT2D eigenvalue weighted by Gasteiger charge is 2.35. The molecular formula is C30H34BrN5O5. The van der Waals surface area contributed by atoms with Crippen LogP contribution in [0.5, 0.6) is 11.5 Å². The summed E-state index contributed by atoms with van der Waals surface area (Å²) in [5, 5.41) is 3.43. The zero-order valence-corrected chi connectivity index (χ0v) is 25.0. The van der Waals surface area contributed by atoms with Crippen molar-refractivity contribution in [1.29, 1.82) is 0 Å². The molecule has 11 heteroatoms. The summed E-state index contributed by atoms with van der Waals surface area (Å²) in [6, 6.07) is 15.3. The minimum Gasteiger partial charge on any atom is -0.497 e. The van der Waals surface area contributed by atoms with E-state index < -0.39 is 0 Å². The van der Waals surface area contributed by atoms with Gasteiger partial charge in [0.25, 0.3) is 0 Å². The molecule has 10 nitrogen and oxygen atoms in total. The number of piperidine rings is 1. The molecule has 1 aliphatic heterocycles. The van der Waals surface area contributed by atoms with Crippen molar-refractivity contribution in [1.82, 2.24) is 19.3 Å². The fourth-order valence-electron chi connectivity index (χ4n) is 5.24. The third-order valence-corrected chi connectivity index (χ3v) is 7.90. The average Bonchev–Trinajstić information content (AvgIpc) is 3.36. The van der Waals surface area contributed by atoms with E-state index in [-0.39, 0.29) is 24.7 Å². The standard InChI is InChI=1S/C30H34BrN5O5/c1-38-19-23-11-9-22(17-36(23)30(37)41-18-20-7-5-4-6-8-20)29-34-27(31)26-28(32-13-14-35(26)29)33-16-21-10-12-24(39-2)15-25(21)40-3/h4-8,10,12-15,22-23H,9,11,16-19H2,1-3H3,(H,32,33)/t22-,23+/m0/s1. The number of rotatable bonds is 10. The molecule has 216 valence electrons. The number of amides is 1. The number of likely N-dealkylation sites (tertiary alicyclic amines) is 1. The van der Waals surface area contributed by atoms with Crippen LogP contribution in [0.3, 0.4) is 0 Å². The minimum absolute atomic E-state index is 0.00288. The highest BCUT2D eigenvalue weighted by molar-refractivity contribution is 9.10. The average molecular weight is 625 g/mol. The van der Waals surface area contributed by atoms with E-state index >= 15 is 0 Å². The Hall–Kier alpha value is -3.83. The Labute approximate surface area is 247 Å². The number of anilines is 1. The summed E-state index contributed by atoms with van der Waals surface area (Å²) in [5.74, 6) is 3.00. The van der Waals surface area contributed by atoms with Crippen molar-refractivity contribution in [3.63, 3.8) is 0 Å². The van der Waals surface area contributed by atoms with Crippen LogP contribution in [0.1, 0.15) is 35.7 Å². The van der Waals surface area contributed by atoms with Gasteiger partial charge in [0.1, 0.15) is 34.1 Å². The number of nitrogens with zero attached hydrogens (tertiary/aromatic N) is 4. The molecule has 0 spiro atoms. The van der Waals surface area contributed by atoms with Gasteiger partial charge in [-0.15, -0.1) is 0 Å². The van der Waals surface area contributed by atoms with Gasteiger partial charge in [0.2, 0.25) is 0 Å². The van der Waals surface area contributed by atoms with E-state index in [1.807, 2.05) is 59.1 Å². The summed E-state index contributed by atoms with van der Waals surface area (Å²) in [6.07, 6.45) is 4.94. The smallest absolute Gasteiger partial charge is 0.410 e. The van der Waals surface area contributed by atoms with Gasteiger partial charge in [-0.3, -0.25) is 4.40 Å². The lowest BCUT2D eigenvalue weighted by Crippen LogP contribution is -2.48. The molecule has 1 aliphatic rings. The SMILES string of the molecule is COC[C@H]1CC[C@H](c2nc(Br)c3c(NCc4ccc(OC)cc4OC)nccn23)CN1C(=O)OCc1ccccc1. The van der Waals surface area contributed by atoms with Gasteiger partial charge in [-0.05, 0) is 46.5 Å². The number of nitrogens with one attached hydrogen (secondary N) is 1. The van der Waals surface area contributed by atoms with Crippen molar-refractivity contribution in [3.05, 3.63) is 82.5 Å². The summed E-state index contributed by atoms with van der Waals surface area (Å²) >= 11 is 3.66. The number of fused-ring (bicyclic) bond motifs is 1. The number of aromatic nitrogens is 3. The van der Waals surface area contributed by atoms with Crippen molar-refractivity contribution in [2.75, 3.05) is 39.8 Å². The third kappa shape index (κ3) is 6.41. The Bertz CT molecular complexity index is 1480. The van der Waals surface area contributed by atoms with E-state index in [9.17, 15) is 4.79 Å². The van der Waals surface area contributed by atoms with Crippen LogP contribution in [0.25, 0.3) is 5.52 Å². The fourth-order valence-corrected chi connectivity index (χ4v) is 5.80. The molecule has 0 radical (unpaired) electrons. The van der Waals surface area contributed by atoms with Crippen LogP contribution in [0.15, 0.2) is 65.5 Å². The molecule has 1 saturated heterocycles. The molecule has 5 rings (SSSR count). The Kier molecular flexibility index (Phi) is 9.25.